The molecular weight excluding hydrogens is 226 g/mol. The van der Waals surface area contributed by atoms with Crippen LogP contribution in [0, 0.1) is 12.8 Å². The summed E-state index contributed by atoms with van der Waals surface area (Å²) in [6.45, 7) is 6.34. The SMILES string of the molecule is CCC(C)C(O)CNC(=O)Cc1ccccc1C. The molecule has 0 saturated carbocycles. The van der Waals surface area contributed by atoms with Gasteiger partial charge in [0.15, 0.2) is 0 Å². The highest BCUT2D eigenvalue weighted by atomic mass is 16.3. The monoisotopic (exact) mass is 249 g/mol. The molecule has 0 spiro atoms. The zero-order valence-corrected chi connectivity index (χ0v) is 11.4. The number of carbonyl (C=O) groups excluding carboxylic acids is 1. The van der Waals surface area contributed by atoms with Gasteiger partial charge in [-0.3, -0.25) is 4.79 Å². The normalized spacial score (nSPS) is 14.0. The Labute approximate surface area is 109 Å². The second-order valence-electron chi connectivity index (χ2n) is 4.86. The fraction of sp³-hybridized carbons (Fsp3) is 0.533. The van der Waals surface area contributed by atoms with Gasteiger partial charge in [0.05, 0.1) is 12.5 Å². The molecule has 3 nitrogen and oxygen atoms in total. The highest BCUT2D eigenvalue weighted by Gasteiger charge is 2.13. The van der Waals surface area contributed by atoms with Gasteiger partial charge in [0.1, 0.15) is 0 Å². The molecule has 18 heavy (non-hydrogen) atoms. The van der Waals surface area contributed by atoms with Crippen LogP contribution in [0.15, 0.2) is 24.3 Å². The van der Waals surface area contributed by atoms with Crippen molar-refractivity contribution in [3.63, 3.8) is 0 Å². The first-order valence-corrected chi connectivity index (χ1v) is 6.53. The molecule has 1 rings (SSSR count). The Morgan fingerprint density at radius 3 is 2.67 bits per heavy atom. The second-order valence-corrected chi connectivity index (χ2v) is 4.86. The van der Waals surface area contributed by atoms with Crippen LogP contribution < -0.4 is 5.32 Å². The fourth-order valence-electron chi connectivity index (χ4n) is 1.74. The number of aliphatic hydroxyl groups excluding tert-OH is 1. The Kier molecular flexibility index (Phi) is 5.86. The van der Waals surface area contributed by atoms with Crippen molar-refractivity contribution in [2.24, 2.45) is 5.92 Å². The summed E-state index contributed by atoms with van der Waals surface area (Å²) in [6, 6.07) is 7.85. The van der Waals surface area contributed by atoms with E-state index in [9.17, 15) is 9.90 Å². The number of carbonyl (C=O) groups is 1. The average molecular weight is 249 g/mol. The summed E-state index contributed by atoms with van der Waals surface area (Å²) in [4.78, 5) is 11.8. The molecule has 3 heteroatoms. The van der Waals surface area contributed by atoms with Gasteiger partial charge < -0.3 is 10.4 Å². The molecule has 1 amide bonds. The third-order valence-electron chi connectivity index (χ3n) is 3.42. The number of amides is 1. The van der Waals surface area contributed by atoms with E-state index in [4.69, 9.17) is 0 Å². The zero-order chi connectivity index (χ0) is 13.5. The van der Waals surface area contributed by atoms with E-state index in [1.807, 2.05) is 45.0 Å². The van der Waals surface area contributed by atoms with Crippen molar-refractivity contribution >= 4 is 5.91 Å². The highest BCUT2D eigenvalue weighted by molar-refractivity contribution is 5.78. The molecule has 0 aliphatic rings. The lowest BCUT2D eigenvalue weighted by atomic mass is 10.0. The first-order chi connectivity index (χ1) is 8.54. The molecular formula is C15H23NO2. The summed E-state index contributed by atoms with van der Waals surface area (Å²) in [6.07, 6.45) is 0.824. The van der Waals surface area contributed by atoms with Crippen molar-refractivity contribution in [1.82, 2.24) is 5.32 Å². The van der Waals surface area contributed by atoms with Crippen LogP contribution in [-0.4, -0.2) is 23.7 Å². The van der Waals surface area contributed by atoms with Gasteiger partial charge in [-0.2, -0.15) is 0 Å². The van der Waals surface area contributed by atoms with Crippen LogP contribution in [-0.2, 0) is 11.2 Å². The molecule has 0 heterocycles. The minimum absolute atomic E-state index is 0.0355. The van der Waals surface area contributed by atoms with E-state index in [2.05, 4.69) is 5.32 Å². The minimum atomic E-state index is -0.462. The van der Waals surface area contributed by atoms with E-state index >= 15 is 0 Å². The highest BCUT2D eigenvalue weighted by Crippen LogP contribution is 2.08. The summed E-state index contributed by atoms with van der Waals surface area (Å²) in [7, 11) is 0. The Balaban J connectivity index is 2.41. The average Bonchev–Trinajstić information content (AvgIpc) is 2.37. The third kappa shape index (κ3) is 4.49. The van der Waals surface area contributed by atoms with Crippen LogP contribution in [0.4, 0.5) is 0 Å². The molecule has 2 N–H and O–H groups in total. The van der Waals surface area contributed by atoms with Crippen LogP contribution in [0.5, 0.6) is 0 Å². The predicted octanol–water partition coefficient (Wildman–Crippen LogP) is 2.06. The quantitative estimate of drug-likeness (QED) is 0.810. The van der Waals surface area contributed by atoms with Crippen molar-refractivity contribution in [3.8, 4) is 0 Å². The van der Waals surface area contributed by atoms with E-state index in [1.54, 1.807) is 0 Å². The molecule has 1 aromatic rings. The molecule has 0 aromatic heterocycles. The summed E-state index contributed by atoms with van der Waals surface area (Å²) in [5, 5.41) is 12.6. The number of aryl methyl sites for hydroxylation is 1. The number of aliphatic hydroxyl groups is 1. The Bertz CT molecular complexity index is 390. The lowest BCUT2D eigenvalue weighted by Crippen LogP contribution is -2.36. The molecule has 0 aliphatic heterocycles. The Morgan fingerprint density at radius 1 is 1.39 bits per heavy atom. The number of benzene rings is 1. The third-order valence-corrected chi connectivity index (χ3v) is 3.42. The Hall–Kier alpha value is -1.35. The van der Waals surface area contributed by atoms with Gasteiger partial charge in [-0.05, 0) is 24.0 Å². The van der Waals surface area contributed by atoms with Crippen LogP contribution >= 0.6 is 0 Å². The van der Waals surface area contributed by atoms with Gasteiger partial charge in [0.25, 0.3) is 0 Å². The second kappa shape index (κ2) is 7.17. The number of nitrogens with one attached hydrogen (secondary N) is 1. The Morgan fingerprint density at radius 2 is 2.06 bits per heavy atom. The first kappa shape index (κ1) is 14.7. The molecule has 2 unspecified atom stereocenters. The zero-order valence-electron chi connectivity index (χ0n) is 11.4. The van der Waals surface area contributed by atoms with Crippen molar-refractivity contribution in [1.29, 1.82) is 0 Å². The molecule has 0 radical (unpaired) electrons. The van der Waals surface area contributed by atoms with Crippen molar-refractivity contribution < 1.29 is 9.90 Å². The molecule has 0 saturated heterocycles. The van der Waals surface area contributed by atoms with E-state index in [-0.39, 0.29) is 11.8 Å². The molecule has 2 atom stereocenters. The largest absolute Gasteiger partial charge is 0.391 e. The van der Waals surface area contributed by atoms with Gasteiger partial charge >= 0.3 is 0 Å². The van der Waals surface area contributed by atoms with Crippen molar-refractivity contribution in [2.45, 2.75) is 39.7 Å². The van der Waals surface area contributed by atoms with Gasteiger partial charge in [-0.1, -0.05) is 44.5 Å². The molecule has 1 aromatic carbocycles. The summed E-state index contributed by atoms with van der Waals surface area (Å²) in [5.74, 6) is 0.176. The topological polar surface area (TPSA) is 49.3 Å². The molecule has 100 valence electrons. The summed E-state index contributed by atoms with van der Waals surface area (Å²) < 4.78 is 0. The fourth-order valence-corrected chi connectivity index (χ4v) is 1.74. The maximum absolute atomic E-state index is 11.8. The first-order valence-electron chi connectivity index (χ1n) is 6.53. The van der Waals surface area contributed by atoms with Crippen LogP contribution in [0.3, 0.4) is 0 Å². The lowest BCUT2D eigenvalue weighted by molar-refractivity contribution is -0.121. The number of rotatable bonds is 6. The molecule has 0 fully saturated rings. The van der Waals surface area contributed by atoms with Gasteiger partial charge in [0.2, 0.25) is 5.91 Å². The van der Waals surface area contributed by atoms with Gasteiger partial charge in [0, 0.05) is 6.54 Å². The van der Waals surface area contributed by atoms with E-state index in [0.717, 1.165) is 17.5 Å². The number of hydrogen-bond donors (Lipinski definition) is 2. The van der Waals surface area contributed by atoms with Crippen LogP contribution in [0.1, 0.15) is 31.4 Å². The van der Waals surface area contributed by atoms with Crippen molar-refractivity contribution in [3.05, 3.63) is 35.4 Å². The lowest BCUT2D eigenvalue weighted by Gasteiger charge is -2.17. The van der Waals surface area contributed by atoms with E-state index in [1.165, 1.54) is 0 Å². The van der Waals surface area contributed by atoms with Crippen LogP contribution in [0.2, 0.25) is 0 Å². The minimum Gasteiger partial charge on any atom is -0.391 e. The smallest absolute Gasteiger partial charge is 0.224 e. The van der Waals surface area contributed by atoms with Gasteiger partial charge in [-0.15, -0.1) is 0 Å². The molecule has 0 bridgehead atoms. The van der Waals surface area contributed by atoms with E-state index in [0.29, 0.717) is 13.0 Å². The maximum atomic E-state index is 11.8. The maximum Gasteiger partial charge on any atom is 0.224 e. The predicted molar refractivity (Wildman–Crippen MR) is 73.4 cm³/mol. The number of hydrogen-bond acceptors (Lipinski definition) is 2. The van der Waals surface area contributed by atoms with E-state index < -0.39 is 6.10 Å². The van der Waals surface area contributed by atoms with Crippen LogP contribution in [0.25, 0.3) is 0 Å². The summed E-state index contributed by atoms with van der Waals surface area (Å²) >= 11 is 0. The van der Waals surface area contributed by atoms with Crippen molar-refractivity contribution in [2.75, 3.05) is 6.54 Å². The molecule has 0 aliphatic carbocycles. The summed E-state index contributed by atoms with van der Waals surface area (Å²) in [5.41, 5.74) is 2.16. The van der Waals surface area contributed by atoms with Gasteiger partial charge in [-0.25, -0.2) is 0 Å². The standard InChI is InChI=1S/C15H23NO2/c1-4-11(2)14(17)10-16-15(18)9-13-8-6-5-7-12(13)3/h5-8,11,14,17H,4,9-10H2,1-3H3,(H,16,18).